The summed E-state index contributed by atoms with van der Waals surface area (Å²) in [6.07, 6.45) is 3.18. The van der Waals surface area contributed by atoms with Crippen molar-refractivity contribution in [1.82, 2.24) is 14.8 Å². The Kier molecular flexibility index (Phi) is 4.77. The molecule has 3 fully saturated rings. The van der Waals surface area contributed by atoms with Crippen LogP contribution in [0.4, 0.5) is 8.78 Å². The van der Waals surface area contributed by atoms with Gasteiger partial charge in [0.2, 0.25) is 0 Å². The molecule has 1 aromatic carbocycles. The van der Waals surface area contributed by atoms with Gasteiger partial charge in [-0.15, -0.1) is 0 Å². The number of carbonyl (C=O) groups is 2. The second-order valence-electron chi connectivity index (χ2n) is 8.56. The molecule has 0 saturated carbocycles. The maximum atomic E-state index is 13.7. The van der Waals surface area contributed by atoms with Crippen molar-refractivity contribution in [3.05, 3.63) is 65.0 Å². The van der Waals surface area contributed by atoms with E-state index in [2.05, 4.69) is 4.98 Å². The van der Waals surface area contributed by atoms with Crippen LogP contribution in [0.25, 0.3) is 0 Å². The molecule has 3 saturated heterocycles. The quantitative estimate of drug-likeness (QED) is 0.737. The van der Waals surface area contributed by atoms with Gasteiger partial charge in [-0.1, -0.05) is 0 Å². The first kappa shape index (κ1) is 20.1. The topological polar surface area (TPSA) is 62.7 Å². The van der Waals surface area contributed by atoms with Gasteiger partial charge >= 0.3 is 0 Å². The van der Waals surface area contributed by atoms with Crippen molar-refractivity contribution in [1.29, 1.82) is 0 Å². The fourth-order valence-corrected chi connectivity index (χ4v) is 4.99. The Hall–Kier alpha value is -2.87. The van der Waals surface area contributed by atoms with E-state index in [-0.39, 0.29) is 11.8 Å². The van der Waals surface area contributed by atoms with Crippen LogP contribution in [0.15, 0.2) is 36.5 Å². The summed E-state index contributed by atoms with van der Waals surface area (Å²) in [5.41, 5.74) is 0.840. The molecule has 8 heteroatoms. The van der Waals surface area contributed by atoms with Gasteiger partial charge < -0.3 is 14.5 Å². The van der Waals surface area contributed by atoms with Crippen LogP contribution in [0.5, 0.6) is 0 Å². The fourth-order valence-electron chi connectivity index (χ4n) is 4.99. The minimum absolute atomic E-state index is 0.110. The summed E-state index contributed by atoms with van der Waals surface area (Å²) in [6.45, 7) is 2.66. The van der Waals surface area contributed by atoms with Gasteiger partial charge in [-0.2, -0.15) is 0 Å². The van der Waals surface area contributed by atoms with Crippen LogP contribution in [-0.4, -0.2) is 51.5 Å². The summed E-state index contributed by atoms with van der Waals surface area (Å²) >= 11 is 0. The van der Waals surface area contributed by atoms with Crippen LogP contribution < -0.4 is 0 Å². The molecule has 0 N–H and O–H groups in total. The van der Waals surface area contributed by atoms with E-state index in [1.54, 1.807) is 28.1 Å². The van der Waals surface area contributed by atoms with Gasteiger partial charge in [0.05, 0.1) is 11.6 Å². The molecule has 2 atom stereocenters. The monoisotopic (exact) mass is 427 g/mol. The first-order valence-corrected chi connectivity index (χ1v) is 10.5. The van der Waals surface area contributed by atoms with E-state index >= 15 is 0 Å². The third-order valence-electron chi connectivity index (χ3n) is 6.61. The molecule has 4 heterocycles. The first-order chi connectivity index (χ1) is 14.9. The van der Waals surface area contributed by atoms with Gasteiger partial charge in [0.15, 0.2) is 5.60 Å². The Morgan fingerprint density at radius 3 is 2.48 bits per heavy atom. The molecule has 2 amide bonds. The molecule has 2 aromatic rings. The Morgan fingerprint density at radius 2 is 1.84 bits per heavy atom. The van der Waals surface area contributed by atoms with E-state index in [0.29, 0.717) is 49.9 Å². The minimum atomic E-state index is -0.975. The zero-order chi connectivity index (χ0) is 21.8. The number of ether oxygens (including phenoxy) is 1. The van der Waals surface area contributed by atoms with Gasteiger partial charge in [-0.25, -0.2) is 8.78 Å². The SMILES string of the molecule is Cc1ccc(C(=O)N2CCC3(CC2)OC2CCC(c4cc(F)cc(F)c4)N2C3=O)cn1. The van der Waals surface area contributed by atoms with Crippen molar-refractivity contribution in [3.8, 4) is 0 Å². The highest BCUT2D eigenvalue weighted by Crippen LogP contribution is 2.47. The molecule has 31 heavy (non-hydrogen) atoms. The molecule has 0 radical (unpaired) electrons. The Labute approximate surface area is 178 Å². The normalized spacial score (nSPS) is 24.7. The number of benzene rings is 1. The van der Waals surface area contributed by atoms with E-state index in [4.69, 9.17) is 4.74 Å². The van der Waals surface area contributed by atoms with Crippen molar-refractivity contribution in [2.24, 2.45) is 0 Å². The smallest absolute Gasteiger partial charge is 0.257 e. The molecule has 2 unspecified atom stereocenters. The lowest BCUT2D eigenvalue weighted by molar-refractivity contribution is -0.142. The van der Waals surface area contributed by atoms with E-state index in [9.17, 15) is 18.4 Å². The van der Waals surface area contributed by atoms with Gasteiger partial charge in [0.1, 0.15) is 17.9 Å². The van der Waals surface area contributed by atoms with Crippen LogP contribution >= 0.6 is 0 Å². The maximum Gasteiger partial charge on any atom is 0.257 e. The van der Waals surface area contributed by atoms with Gasteiger partial charge in [0, 0.05) is 43.9 Å². The molecule has 5 rings (SSSR count). The van der Waals surface area contributed by atoms with Gasteiger partial charge in [0.25, 0.3) is 11.8 Å². The third kappa shape index (κ3) is 3.39. The average Bonchev–Trinajstić information content (AvgIpc) is 3.26. The molecule has 6 nitrogen and oxygen atoms in total. The van der Waals surface area contributed by atoms with Gasteiger partial charge in [-0.3, -0.25) is 14.6 Å². The second kappa shape index (κ2) is 7.37. The molecule has 0 aliphatic carbocycles. The summed E-state index contributed by atoms with van der Waals surface area (Å²) in [5.74, 6) is -1.56. The van der Waals surface area contributed by atoms with E-state index < -0.39 is 29.5 Å². The van der Waals surface area contributed by atoms with Crippen molar-refractivity contribution < 1.29 is 23.1 Å². The number of likely N-dealkylation sites (tertiary alicyclic amines) is 1. The molecule has 3 aliphatic rings. The predicted molar refractivity (Wildman–Crippen MR) is 107 cm³/mol. The Morgan fingerprint density at radius 1 is 1.13 bits per heavy atom. The molecule has 3 aliphatic heterocycles. The molecular formula is C23H23F2N3O3. The number of hydrogen-bond acceptors (Lipinski definition) is 4. The van der Waals surface area contributed by atoms with Crippen LogP contribution in [-0.2, 0) is 9.53 Å². The summed E-state index contributed by atoms with van der Waals surface area (Å²) in [4.78, 5) is 33.7. The van der Waals surface area contributed by atoms with E-state index in [1.165, 1.54) is 12.1 Å². The molecular weight excluding hydrogens is 404 g/mol. The Balaban J connectivity index is 1.31. The zero-order valence-corrected chi connectivity index (χ0v) is 17.2. The predicted octanol–water partition coefficient (Wildman–Crippen LogP) is 3.36. The van der Waals surface area contributed by atoms with Crippen molar-refractivity contribution in [2.75, 3.05) is 13.1 Å². The maximum absolute atomic E-state index is 13.7. The molecule has 1 spiro atoms. The molecule has 0 bridgehead atoms. The third-order valence-corrected chi connectivity index (χ3v) is 6.61. The standard InChI is InChI=1S/C23H23F2N3O3/c1-14-2-3-15(13-26-14)21(29)27-8-6-23(7-9-27)22(30)28-19(4-5-20(28)31-23)16-10-17(24)12-18(25)11-16/h2-3,10-13,19-20H,4-9H2,1H3. The first-order valence-electron chi connectivity index (χ1n) is 10.5. The fraction of sp³-hybridized carbons (Fsp3) is 0.435. The number of rotatable bonds is 2. The number of nitrogens with zero attached hydrogens (tertiary/aromatic N) is 3. The lowest BCUT2D eigenvalue weighted by Gasteiger charge is -2.37. The summed E-state index contributed by atoms with van der Waals surface area (Å²) in [6, 6.07) is 6.55. The number of hydrogen-bond donors (Lipinski definition) is 0. The average molecular weight is 427 g/mol. The lowest BCUT2D eigenvalue weighted by atomic mass is 9.89. The van der Waals surface area contributed by atoms with Crippen LogP contribution in [0.1, 0.15) is 53.3 Å². The highest BCUT2D eigenvalue weighted by atomic mass is 19.1. The number of pyridine rings is 1. The lowest BCUT2D eigenvalue weighted by Crippen LogP contribution is -2.51. The van der Waals surface area contributed by atoms with Crippen LogP contribution in [0, 0.1) is 18.6 Å². The van der Waals surface area contributed by atoms with Crippen LogP contribution in [0.2, 0.25) is 0 Å². The number of aromatic nitrogens is 1. The zero-order valence-electron chi connectivity index (χ0n) is 17.2. The van der Waals surface area contributed by atoms with E-state index in [0.717, 1.165) is 11.8 Å². The second-order valence-corrected chi connectivity index (χ2v) is 8.56. The highest BCUT2D eigenvalue weighted by Gasteiger charge is 2.58. The van der Waals surface area contributed by atoms with Crippen molar-refractivity contribution in [3.63, 3.8) is 0 Å². The number of aryl methyl sites for hydroxylation is 1. The minimum Gasteiger partial charge on any atom is -0.342 e. The molecule has 1 aromatic heterocycles. The highest BCUT2D eigenvalue weighted by molar-refractivity contribution is 5.94. The number of amides is 2. The summed E-state index contributed by atoms with van der Waals surface area (Å²) in [7, 11) is 0. The number of carbonyl (C=O) groups excluding carboxylic acids is 2. The van der Waals surface area contributed by atoms with Crippen molar-refractivity contribution in [2.45, 2.75) is 50.5 Å². The largest absolute Gasteiger partial charge is 0.342 e. The number of piperidine rings is 1. The van der Waals surface area contributed by atoms with Gasteiger partial charge in [-0.05, 0) is 49.6 Å². The summed E-state index contributed by atoms with van der Waals surface area (Å²) in [5, 5.41) is 0. The van der Waals surface area contributed by atoms with Crippen molar-refractivity contribution >= 4 is 11.8 Å². The Bertz CT molecular complexity index is 1010. The van der Waals surface area contributed by atoms with Crippen LogP contribution in [0.3, 0.4) is 0 Å². The molecule has 162 valence electrons. The number of halogens is 2. The number of fused-ring (bicyclic) bond motifs is 1. The van der Waals surface area contributed by atoms with E-state index in [1.807, 2.05) is 6.92 Å². The summed E-state index contributed by atoms with van der Waals surface area (Å²) < 4.78 is 33.7.